The molecule has 0 unspecified atom stereocenters. The Bertz CT molecular complexity index is 1400. The van der Waals surface area contributed by atoms with Gasteiger partial charge in [0.1, 0.15) is 5.75 Å². The summed E-state index contributed by atoms with van der Waals surface area (Å²) in [4.78, 5) is 34.4. The normalized spacial score (nSPS) is 16.1. The van der Waals surface area contributed by atoms with Crippen LogP contribution < -0.4 is 20.3 Å². The molecule has 0 spiro atoms. The number of hydrogen-bond donors (Lipinski definition) is 2. The van der Waals surface area contributed by atoms with Gasteiger partial charge in [0.15, 0.2) is 0 Å². The van der Waals surface area contributed by atoms with Gasteiger partial charge in [-0.05, 0) is 66.2 Å². The zero-order valence-electron chi connectivity index (χ0n) is 25.3. The van der Waals surface area contributed by atoms with E-state index in [-0.39, 0.29) is 18.4 Å². The number of methoxy groups -OCH3 is 1. The maximum atomic E-state index is 13.1. The highest BCUT2D eigenvalue weighted by Gasteiger charge is 2.23. The number of carbonyl (C=O) groups is 2. The number of benzene rings is 3. The van der Waals surface area contributed by atoms with E-state index in [0.717, 1.165) is 67.5 Å². The number of hydrogen-bond acceptors (Lipinski definition) is 6. The molecule has 0 bridgehead atoms. The number of ether oxygens (including phenoxy) is 1. The summed E-state index contributed by atoms with van der Waals surface area (Å²) in [6.07, 6.45) is 0.285. The summed E-state index contributed by atoms with van der Waals surface area (Å²) < 4.78 is 5.17. The molecule has 2 heterocycles. The molecule has 2 aliphatic heterocycles. The zero-order chi connectivity index (χ0) is 31.1. The van der Waals surface area contributed by atoms with E-state index < -0.39 is 0 Å². The lowest BCUT2D eigenvalue weighted by atomic mass is 10.1. The molecule has 0 saturated carbocycles. The van der Waals surface area contributed by atoms with Crippen molar-refractivity contribution in [3.8, 4) is 5.75 Å². The first-order valence-electron chi connectivity index (χ1n) is 15.1. The molecule has 0 radical (unpaired) electrons. The molecule has 2 fully saturated rings. The van der Waals surface area contributed by atoms with E-state index in [1.54, 1.807) is 12.0 Å². The molecule has 44 heavy (non-hydrogen) atoms. The highest BCUT2D eigenvalue weighted by Crippen LogP contribution is 2.33. The van der Waals surface area contributed by atoms with Crippen LogP contribution in [0.25, 0.3) is 0 Å². The van der Waals surface area contributed by atoms with Gasteiger partial charge in [-0.25, -0.2) is 4.79 Å². The number of rotatable bonds is 9. The van der Waals surface area contributed by atoms with Crippen molar-refractivity contribution in [2.45, 2.75) is 19.9 Å². The fourth-order valence-electron chi connectivity index (χ4n) is 5.60. The van der Waals surface area contributed by atoms with Crippen LogP contribution in [0.2, 0.25) is 10.0 Å². The lowest BCUT2D eigenvalue weighted by molar-refractivity contribution is -0.115. The maximum absolute atomic E-state index is 13.1. The third kappa shape index (κ3) is 8.35. The minimum absolute atomic E-state index is 0.0807. The van der Waals surface area contributed by atoms with Gasteiger partial charge in [-0.15, -0.1) is 0 Å². The van der Waals surface area contributed by atoms with E-state index >= 15 is 0 Å². The van der Waals surface area contributed by atoms with Gasteiger partial charge in [-0.1, -0.05) is 42.3 Å². The van der Waals surface area contributed by atoms with Crippen molar-refractivity contribution in [2.24, 2.45) is 0 Å². The van der Waals surface area contributed by atoms with Gasteiger partial charge in [0.05, 0.1) is 29.3 Å². The fraction of sp³-hybridized carbons (Fsp3) is 0.394. The van der Waals surface area contributed by atoms with Crippen LogP contribution in [0.5, 0.6) is 5.75 Å². The second kappa shape index (κ2) is 15.0. The Balaban J connectivity index is 1.08. The Morgan fingerprint density at radius 2 is 1.39 bits per heavy atom. The largest absolute Gasteiger partial charge is 0.497 e. The van der Waals surface area contributed by atoms with Gasteiger partial charge < -0.3 is 30.1 Å². The van der Waals surface area contributed by atoms with Crippen LogP contribution in [0, 0.1) is 0 Å². The first-order valence-corrected chi connectivity index (χ1v) is 15.8. The van der Waals surface area contributed by atoms with Gasteiger partial charge in [0.2, 0.25) is 5.91 Å². The molecule has 2 N–H and O–H groups in total. The first-order chi connectivity index (χ1) is 21.3. The lowest BCUT2D eigenvalue weighted by Crippen LogP contribution is -2.50. The van der Waals surface area contributed by atoms with Crippen LogP contribution in [-0.2, 0) is 17.8 Å². The average Bonchev–Trinajstić information content (AvgIpc) is 3.04. The van der Waals surface area contributed by atoms with Crippen molar-refractivity contribution in [1.82, 2.24) is 14.7 Å². The van der Waals surface area contributed by atoms with Crippen molar-refractivity contribution in [2.75, 3.05) is 81.5 Å². The molecule has 3 aromatic rings. The average molecular weight is 640 g/mol. The second-order valence-corrected chi connectivity index (χ2v) is 12.0. The van der Waals surface area contributed by atoms with E-state index in [1.807, 2.05) is 60.7 Å². The molecule has 0 atom stereocenters. The van der Waals surface area contributed by atoms with E-state index in [0.29, 0.717) is 41.9 Å². The second-order valence-electron chi connectivity index (χ2n) is 11.2. The third-order valence-corrected chi connectivity index (χ3v) is 8.86. The Morgan fingerprint density at radius 1 is 0.773 bits per heavy atom. The topological polar surface area (TPSA) is 80.4 Å². The van der Waals surface area contributed by atoms with Crippen LogP contribution in [-0.4, -0.2) is 92.7 Å². The summed E-state index contributed by atoms with van der Waals surface area (Å²) in [5.74, 6) is 0.681. The smallest absolute Gasteiger partial charge is 0.322 e. The molecule has 3 amide bonds. The highest BCUT2D eigenvalue weighted by molar-refractivity contribution is 6.39. The van der Waals surface area contributed by atoms with Crippen molar-refractivity contribution in [3.05, 3.63) is 81.8 Å². The molecule has 0 aromatic heterocycles. The number of anilines is 3. The highest BCUT2D eigenvalue weighted by atomic mass is 35.5. The maximum Gasteiger partial charge on any atom is 0.322 e. The summed E-state index contributed by atoms with van der Waals surface area (Å²) in [5, 5.41) is 6.78. The van der Waals surface area contributed by atoms with Gasteiger partial charge in [-0.2, -0.15) is 0 Å². The summed E-state index contributed by atoms with van der Waals surface area (Å²) in [6.45, 7) is 10.7. The van der Waals surface area contributed by atoms with E-state index in [9.17, 15) is 9.59 Å². The van der Waals surface area contributed by atoms with Gasteiger partial charge >= 0.3 is 6.03 Å². The summed E-state index contributed by atoms with van der Waals surface area (Å²) in [7, 11) is 1.62. The number of urea groups is 1. The molecule has 3 aromatic carbocycles. The monoisotopic (exact) mass is 638 g/mol. The number of nitrogens with zero attached hydrogens (tertiary/aromatic N) is 4. The number of amides is 3. The minimum Gasteiger partial charge on any atom is -0.497 e. The predicted molar refractivity (Wildman–Crippen MR) is 178 cm³/mol. The molecule has 5 rings (SSSR count). The van der Waals surface area contributed by atoms with Crippen LogP contribution >= 0.6 is 23.2 Å². The molecule has 11 heteroatoms. The van der Waals surface area contributed by atoms with Gasteiger partial charge in [0, 0.05) is 70.3 Å². The van der Waals surface area contributed by atoms with Crippen molar-refractivity contribution >= 4 is 52.2 Å². The Labute approximate surface area is 269 Å². The summed E-state index contributed by atoms with van der Waals surface area (Å²) in [5.41, 5.74) is 4.18. The Kier molecular flexibility index (Phi) is 10.9. The molecular weight excluding hydrogens is 599 g/mol. The molecule has 9 nitrogen and oxygen atoms in total. The number of piperazine rings is 2. The number of nitrogens with one attached hydrogen (secondary N) is 2. The first kappa shape index (κ1) is 31.9. The van der Waals surface area contributed by atoms with E-state index in [2.05, 4.69) is 32.3 Å². The van der Waals surface area contributed by atoms with E-state index in [4.69, 9.17) is 27.9 Å². The Morgan fingerprint density at radius 3 is 1.98 bits per heavy atom. The standard InChI is InChI=1S/C33H40Cl2N6O3/c1-3-38-12-14-39(15-13-38)23-25-20-29(34)32(30(35)21-25)37-33(43)41-18-16-40(17-19-41)27-8-6-26(7-9-27)36-31(42)22-24-4-10-28(44-2)11-5-24/h4-11,20-21H,3,12-19,22-23H2,1-2H3,(H,36,42)(H,37,43). The fourth-order valence-corrected chi connectivity index (χ4v) is 6.23. The van der Waals surface area contributed by atoms with E-state index in [1.165, 1.54) is 0 Å². The Hall–Kier alpha value is -3.50. The van der Waals surface area contributed by atoms with Crippen molar-refractivity contribution < 1.29 is 14.3 Å². The SMILES string of the molecule is CCN1CCN(Cc2cc(Cl)c(NC(=O)N3CCN(c4ccc(NC(=O)Cc5ccc(OC)cc5)cc4)CC3)c(Cl)c2)CC1. The van der Waals surface area contributed by atoms with Crippen LogP contribution in [0.3, 0.4) is 0 Å². The number of halogens is 2. The van der Waals surface area contributed by atoms with Crippen molar-refractivity contribution in [3.63, 3.8) is 0 Å². The predicted octanol–water partition coefficient (Wildman–Crippen LogP) is 5.67. The van der Waals surface area contributed by atoms with Crippen molar-refractivity contribution in [1.29, 1.82) is 0 Å². The number of likely N-dealkylation sites (N-methyl/N-ethyl adjacent to an activating group) is 1. The summed E-state index contributed by atoms with van der Waals surface area (Å²) >= 11 is 13.2. The van der Waals surface area contributed by atoms with Crippen LogP contribution in [0.4, 0.5) is 21.9 Å². The third-order valence-electron chi connectivity index (χ3n) is 8.26. The van der Waals surface area contributed by atoms with Gasteiger partial charge in [-0.3, -0.25) is 9.69 Å². The van der Waals surface area contributed by atoms with Crippen LogP contribution in [0.15, 0.2) is 60.7 Å². The minimum atomic E-state index is -0.216. The summed E-state index contributed by atoms with van der Waals surface area (Å²) in [6, 6.07) is 18.8. The molecule has 2 saturated heterocycles. The van der Waals surface area contributed by atoms with Gasteiger partial charge in [0.25, 0.3) is 0 Å². The zero-order valence-corrected chi connectivity index (χ0v) is 26.8. The molecular formula is C33H40Cl2N6O3. The lowest BCUT2D eigenvalue weighted by Gasteiger charge is -2.36. The molecule has 234 valence electrons. The number of carbonyl (C=O) groups excluding carboxylic acids is 2. The molecule has 0 aliphatic carbocycles. The quantitative estimate of drug-likeness (QED) is 0.314. The van der Waals surface area contributed by atoms with Crippen LogP contribution in [0.1, 0.15) is 18.1 Å². The molecule has 2 aliphatic rings.